The van der Waals surface area contributed by atoms with Gasteiger partial charge in [-0.2, -0.15) is 0 Å². The molecule has 3 aliphatic heterocycles. The summed E-state index contributed by atoms with van der Waals surface area (Å²) in [6.45, 7) is 1.61. The summed E-state index contributed by atoms with van der Waals surface area (Å²) in [7, 11) is 1.40. The Bertz CT molecular complexity index is 2440. The maximum absolute atomic E-state index is 13.3. The zero-order valence-corrected chi connectivity index (χ0v) is 34.4. The van der Waals surface area contributed by atoms with Gasteiger partial charge in [0.15, 0.2) is 0 Å². The zero-order valence-electron chi connectivity index (χ0n) is 33.6. The molecule has 0 spiro atoms. The maximum Gasteiger partial charge on any atom is 0.262 e. The van der Waals surface area contributed by atoms with Crippen molar-refractivity contribution < 1.29 is 37.1 Å². The Balaban J connectivity index is 0.817. The lowest BCUT2D eigenvalue weighted by molar-refractivity contribution is -0.136. The Kier molecular flexibility index (Phi) is 12.6. The average Bonchev–Trinajstić information content (AvgIpc) is 3.46. The van der Waals surface area contributed by atoms with E-state index in [-0.39, 0.29) is 18.4 Å². The molecule has 0 aliphatic carbocycles. The van der Waals surface area contributed by atoms with Crippen LogP contribution in [0.4, 0.5) is 0 Å². The van der Waals surface area contributed by atoms with Crippen LogP contribution in [0, 0.1) is 0 Å². The Hall–Kier alpha value is -5.45. The first-order chi connectivity index (χ1) is 28.4. The Morgan fingerprint density at radius 2 is 1.56 bits per heavy atom. The number of carbonyl (C=O) groups is 4. The van der Waals surface area contributed by atoms with Gasteiger partial charge < -0.3 is 14.0 Å². The smallest absolute Gasteiger partial charge is 0.262 e. The van der Waals surface area contributed by atoms with Gasteiger partial charge in [-0.1, -0.05) is 44.2 Å². The molecule has 4 amide bonds. The molecule has 2 aromatic heterocycles. The molecule has 1 atom stereocenters. The van der Waals surface area contributed by atoms with Gasteiger partial charge in [-0.25, -0.2) is 13.1 Å². The first kappa shape index (κ1) is 41.7. The molecular formula is C43H50N6O9S. The molecule has 312 valence electrons. The molecule has 7 rings (SSSR count). The fourth-order valence-corrected chi connectivity index (χ4v) is 9.84. The molecular weight excluding hydrogens is 777 g/mol. The molecule has 5 heterocycles. The number of hydrogen-bond donors (Lipinski definition) is 2. The van der Waals surface area contributed by atoms with Gasteiger partial charge in [-0.05, 0) is 66.5 Å². The third kappa shape index (κ3) is 8.66. The van der Waals surface area contributed by atoms with Crippen molar-refractivity contribution in [2.24, 2.45) is 7.05 Å². The molecule has 0 radical (unpaired) electrons. The van der Waals surface area contributed by atoms with Crippen molar-refractivity contribution >= 4 is 44.4 Å². The number of unbranched alkanes of at least 4 members (excludes halogenated alkanes) is 6. The minimum Gasteiger partial charge on any atom is -0.496 e. The quantitative estimate of drug-likeness (QED) is 0.109. The first-order valence-electron chi connectivity index (χ1n) is 20.1. The molecule has 15 nitrogen and oxygen atoms in total. The van der Waals surface area contributed by atoms with E-state index in [0.29, 0.717) is 60.6 Å². The van der Waals surface area contributed by atoms with Crippen LogP contribution >= 0.6 is 0 Å². The summed E-state index contributed by atoms with van der Waals surface area (Å²) in [5.74, 6) is -0.781. The standard InChI is InChI=1S/C43H50N6O9S/c1-47-25-33(30-17-19-44-22-32(30)41(47)52)28-20-36(57-2)34(37(21-28)58-3)26-48-23-29(24-48)59(55,56)45-18-10-8-6-4-5-7-9-12-27-13-11-14-31-39(27)43(54)49(42(31)53)35-15-16-38(50)46-40(35)51/h11,13-14,17,19-22,25,29,35,45H,4-10,12,15-16,18,23-24,26H2,1-3H3,(H,46,50,51). The molecule has 1 unspecified atom stereocenters. The van der Waals surface area contributed by atoms with Crippen LogP contribution < -0.4 is 25.1 Å². The molecule has 0 saturated carbocycles. The van der Waals surface area contributed by atoms with E-state index in [1.54, 1.807) is 52.0 Å². The van der Waals surface area contributed by atoms with Crippen LogP contribution in [0.15, 0.2) is 59.8 Å². The number of rotatable bonds is 18. The Morgan fingerprint density at radius 3 is 2.25 bits per heavy atom. The number of nitrogens with one attached hydrogen (secondary N) is 2. The maximum atomic E-state index is 13.3. The Labute approximate surface area is 343 Å². The van der Waals surface area contributed by atoms with Gasteiger partial charge in [0.25, 0.3) is 17.4 Å². The fraction of sp³-hybridized carbons (Fsp3) is 0.442. The number of ether oxygens (including phenoxy) is 2. The highest BCUT2D eigenvalue weighted by atomic mass is 32.2. The third-order valence-electron chi connectivity index (χ3n) is 11.6. The third-order valence-corrected chi connectivity index (χ3v) is 13.4. The second-order valence-corrected chi connectivity index (χ2v) is 17.6. The summed E-state index contributed by atoms with van der Waals surface area (Å²) < 4.78 is 42.1. The lowest BCUT2D eigenvalue weighted by Crippen LogP contribution is -2.57. The second kappa shape index (κ2) is 17.8. The number of piperidine rings is 1. The number of imide groups is 2. The molecule has 2 saturated heterocycles. The number of sulfonamides is 1. The fourth-order valence-electron chi connectivity index (χ4n) is 8.36. The lowest BCUT2D eigenvalue weighted by Gasteiger charge is -2.39. The number of aryl methyl sites for hydroxylation is 2. The van der Waals surface area contributed by atoms with E-state index >= 15 is 0 Å². The monoisotopic (exact) mass is 826 g/mol. The van der Waals surface area contributed by atoms with Crippen molar-refractivity contribution in [3.8, 4) is 22.6 Å². The normalized spacial score (nSPS) is 17.3. The summed E-state index contributed by atoms with van der Waals surface area (Å²) in [5, 5.41) is 3.00. The predicted molar refractivity (Wildman–Crippen MR) is 221 cm³/mol. The molecule has 4 aromatic rings. The summed E-state index contributed by atoms with van der Waals surface area (Å²) in [5.41, 5.74) is 3.78. The number of likely N-dealkylation sites (tertiary alicyclic amines) is 1. The first-order valence-corrected chi connectivity index (χ1v) is 21.7. The van der Waals surface area contributed by atoms with Gasteiger partial charge in [0.2, 0.25) is 21.8 Å². The van der Waals surface area contributed by atoms with Crippen molar-refractivity contribution in [1.82, 2.24) is 29.4 Å². The number of hydrogen-bond acceptors (Lipinski definition) is 11. The molecule has 16 heteroatoms. The average molecular weight is 827 g/mol. The van der Waals surface area contributed by atoms with Gasteiger partial charge in [0.05, 0.1) is 36.3 Å². The van der Waals surface area contributed by atoms with Crippen molar-refractivity contribution in [3.63, 3.8) is 0 Å². The summed E-state index contributed by atoms with van der Waals surface area (Å²) >= 11 is 0. The van der Waals surface area contributed by atoms with Crippen molar-refractivity contribution in [2.45, 2.75) is 82.0 Å². The van der Waals surface area contributed by atoms with Crippen LogP contribution in [-0.2, 0) is 39.6 Å². The van der Waals surface area contributed by atoms with E-state index in [1.165, 1.54) is 4.57 Å². The Morgan fingerprint density at radius 1 is 0.864 bits per heavy atom. The number of methoxy groups -OCH3 is 2. The molecule has 0 bridgehead atoms. The van der Waals surface area contributed by atoms with Crippen molar-refractivity contribution in [2.75, 3.05) is 33.9 Å². The minimum absolute atomic E-state index is 0.0806. The van der Waals surface area contributed by atoms with Gasteiger partial charge >= 0.3 is 0 Å². The van der Waals surface area contributed by atoms with Gasteiger partial charge in [-0.3, -0.25) is 44.1 Å². The van der Waals surface area contributed by atoms with E-state index < -0.39 is 44.9 Å². The topological polar surface area (TPSA) is 186 Å². The number of fused-ring (bicyclic) bond motifs is 2. The highest BCUT2D eigenvalue weighted by Crippen LogP contribution is 2.39. The molecule has 2 N–H and O–H groups in total. The van der Waals surface area contributed by atoms with Crippen molar-refractivity contribution in [1.29, 1.82) is 0 Å². The van der Waals surface area contributed by atoms with Crippen LogP contribution in [0.5, 0.6) is 11.5 Å². The van der Waals surface area contributed by atoms with E-state index in [9.17, 15) is 32.4 Å². The number of benzene rings is 2. The van der Waals surface area contributed by atoms with Crippen LogP contribution in [0.2, 0.25) is 0 Å². The largest absolute Gasteiger partial charge is 0.496 e. The van der Waals surface area contributed by atoms with E-state index in [0.717, 1.165) is 77.5 Å². The van der Waals surface area contributed by atoms with Crippen LogP contribution in [0.25, 0.3) is 21.9 Å². The number of aromatic nitrogens is 2. The van der Waals surface area contributed by atoms with Gasteiger partial charge in [0.1, 0.15) is 22.8 Å². The predicted octanol–water partition coefficient (Wildman–Crippen LogP) is 4.10. The number of pyridine rings is 2. The number of nitrogens with zero attached hydrogens (tertiary/aromatic N) is 4. The highest BCUT2D eigenvalue weighted by molar-refractivity contribution is 7.90. The number of amides is 4. The highest BCUT2D eigenvalue weighted by Gasteiger charge is 2.45. The second-order valence-electron chi connectivity index (χ2n) is 15.5. The molecule has 2 aromatic carbocycles. The lowest BCUT2D eigenvalue weighted by atomic mass is 9.97. The number of carbonyl (C=O) groups excluding carboxylic acids is 4. The van der Waals surface area contributed by atoms with E-state index in [1.807, 2.05) is 24.3 Å². The SMILES string of the molecule is COc1cc(-c2cn(C)c(=O)c3cnccc23)cc(OC)c1CN1CC(S(=O)(=O)NCCCCCCCCCc2cccc3c2C(=O)N(C2CCC(=O)NC2=O)C3=O)C1. The van der Waals surface area contributed by atoms with Gasteiger partial charge in [0, 0.05) is 63.8 Å². The minimum atomic E-state index is -3.48. The zero-order chi connectivity index (χ0) is 41.8. The van der Waals surface area contributed by atoms with E-state index in [4.69, 9.17) is 9.47 Å². The van der Waals surface area contributed by atoms with Crippen LogP contribution in [-0.4, -0.2) is 96.5 Å². The van der Waals surface area contributed by atoms with Gasteiger partial charge in [-0.15, -0.1) is 0 Å². The molecule has 3 aliphatic rings. The van der Waals surface area contributed by atoms with Crippen molar-refractivity contribution in [3.05, 3.63) is 87.6 Å². The van der Waals surface area contributed by atoms with Crippen LogP contribution in [0.3, 0.4) is 0 Å². The summed E-state index contributed by atoms with van der Waals surface area (Å²) in [4.78, 5) is 70.3. The van der Waals surface area contributed by atoms with E-state index in [2.05, 4.69) is 19.9 Å². The summed E-state index contributed by atoms with van der Waals surface area (Å²) in [6, 6.07) is 9.89. The van der Waals surface area contributed by atoms with Crippen LogP contribution in [0.1, 0.15) is 89.6 Å². The molecule has 2 fully saturated rings. The molecule has 59 heavy (non-hydrogen) atoms. The summed E-state index contributed by atoms with van der Waals surface area (Å²) in [6.07, 6.45) is 12.3.